The highest BCUT2D eigenvalue weighted by Crippen LogP contribution is 2.34. The first kappa shape index (κ1) is 25.7. The number of benzene rings is 2. The van der Waals surface area contributed by atoms with Crippen molar-refractivity contribution < 1.29 is 14.5 Å². The molecule has 2 heterocycles. The number of ether oxygens (including phenoxy) is 1. The van der Waals surface area contributed by atoms with Gasteiger partial charge in [0, 0.05) is 60.6 Å². The third kappa shape index (κ3) is 5.85. The Hall–Kier alpha value is -3.43. The number of halogens is 1. The minimum absolute atomic E-state index is 0.0836. The molecule has 0 unspecified atom stereocenters. The average molecular weight is 512 g/mol. The van der Waals surface area contributed by atoms with E-state index < -0.39 is 5.60 Å². The van der Waals surface area contributed by atoms with Gasteiger partial charge >= 0.3 is 6.09 Å². The van der Waals surface area contributed by atoms with Crippen LogP contribution in [0.1, 0.15) is 31.9 Å². The lowest BCUT2D eigenvalue weighted by Gasteiger charge is -2.35. The monoisotopic (exact) mass is 511 g/mol. The number of carbonyl (C=O) groups is 1. The van der Waals surface area contributed by atoms with E-state index in [2.05, 4.69) is 15.2 Å². The summed E-state index contributed by atoms with van der Waals surface area (Å²) in [6, 6.07) is 10.9. The Balaban J connectivity index is 1.48. The fourth-order valence-electron chi connectivity index (χ4n) is 4.26. The molecule has 0 bridgehead atoms. The van der Waals surface area contributed by atoms with Gasteiger partial charge in [-0.05, 0) is 63.6 Å². The molecule has 1 saturated heterocycles. The predicted octanol–water partition coefficient (Wildman–Crippen LogP) is 5.90. The maximum atomic E-state index is 12.3. The van der Waals surface area contributed by atoms with Crippen molar-refractivity contribution in [3.05, 3.63) is 68.9 Å². The van der Waals surface area contributed by atoms with Crippen LogP contribution in [0.3, 0.4) is 0 Å². The Morgan fingerprint density at radius 1 is 1.14 bits per heavy atom. The number of pyridine rings is 1. The lowest BCUT2D eigenvalue weighted by Crippen LogP contribution is -2.49. The number of hydrogen-bond donors (Lipinski definition) is 1. The van der Waals surface area contributed by atoms with Crippen molar-refractivity contribution in [3.8, 4) is 0 Å². The molecule has 1 aliphatic rings. The Morgan fingerprint density at radius 3 is 2.53 bits per heavy atom. The van der Waals surface area contributed by atoms with Gasteiger partial charge in [-0.1, -0.05) is 17.7 Å². The largest absolute Gasteiger partial charge is 0.444 e. The van der Waals surface area contributed by atoms with Gasteiger partial charge in [-0.3, -0.25) is 15.0 Å². The Morgan fingerprint density at radius 2 is 1.86 bits per heavy atom. The van der Waals surface area contributed by atoms with Crippen LogP contribution in [0.4, 0.5) is 22.0 Å². The summed E-state index contributed by atoms with van der Waals surface area (Å²) in [6.45, 7) is 10.5. The standard InChI is InChI=1S/C26H30ClN5O4/c1-17-5-7-21-20(23(17)32(34)35)9-10-28-24(21)29-19-6-8-22(27)18(15-19)16-30-11-13-31(14-12-30)25(33)36-26(2,3)4/h5-10,15H,11-14,16H2,1-4H3,(H,28,29). The van der Waals surface area contributed by atoms with E-state index in [4.69, 9.17) is 16.3 Å². The molecule has 190 valence electrons. The zero-order valence-corrected chi connectivity index (χ0v) is 21.6. The van der Waals surface area contributed by atoms with Crippen LogP contribution >= 0.6 is 11.6 Å². The number of aromatic nitrogens is 1. The SMILES string of the molecule is Cc1ccc2c(Nc3ccc(Cl)c(CN4CCN(C(=O)OC(C)(C)C)CC4)c3)nccc2c1[N+](=O)[O-]. The van der Waals surface area contributed by atoms with Gasteiger partial charge in [-0.25, -0.2) is 9.78 Å². The number of aryl methyl sites for hydroxylation is 1. The maximum Gasteiger partial charge on any atom is 0.410 e. The van der Waals surface area contributed by atoms with E-state index >= 15 is 0 Å². The second kappa shape index (κ2) is 10.3. The van der Waals surface area contributed by atoms with Crippen molar-refractivity contribution in [1.82, 2.24) is 14.8 Å². The maximum absolute atomic E-state index is 12.3. The number of hydrogen-bond acceptors (Lipinski definition) is 7. The molecule has 1 fully saturated rings. The van der Waals surface area contributed by atoms with Crippen molar-refractivity contribution in [1.29, 1.82) is 0 Å². The smallest absolute Gasteiger partial charge is 0.410 e. The highest BCUT2D eigenvalue weighted by Gasteiger charge is 2.26. The second-order valence-corrected chi connectivity index (χ2v) is 10.3. The van der Waals surface area contributed by atoms with E-state index in [9.17, 15) is 14.9 Å². The molecule has 1 amide bonds. The summed E-state index contributed by atoms with van der Waals surface area (Å²) in [7, 11) is 0. The number of piperazine rings is 1. The number of nitrogens with zero attached hydrogens (tertiary/aromatic N) is 4. The van der Waals surface area contributed by atoms with Gasteiger partial charge in [-0.15, -0.1) is 0 Å². The summed E-state index contributed by atoms with van der Waals surface area (Å²) in [6.07, 6.45) is 1.28. The fraction of sp³-hybridized carbons (Fsp3) is 0.385. The van der Waals surface area contributed by atoms with Gasteiger partial charge in [0.25, 0.3) is 5.69 Å². The number of nitro groups is 1. The zero-order chi connectivity index (χ0) is 26.0. The van der Waals surface area contributed by atoms with Crippen LogP contribution in [-0.4, -0.2) is 57.6 Å². The van der Waals surface area contributed by atoms with E-state index in [0.717, 1.165) is 11.3 Å². The average Bonchev–Trinajstić information content (AvgIpc) is 2.80. The van der Waals surface area contributed by atoms with Crippen LogP contribution in [0.2, 0.25) is 5.02 Å². The van der Waals surface area contributed by atoms with Crippen molar-refractivity contribution >= 4 is 45.7 Å². The molecule has 1 aliphatic heterocycles. The molecular weight excluding hydrogens is 482 g/mol. The topological polar surface area (TPSA) is 101 Å². The Kier molecular flexibility index (Phi) is 7.33. The number of carbonyl (C=O) groups excluding carboxylic acids is 1. The molecule has 2 aromatic carbocycles. The summed E-state index contributed by atoms with van der Waals surface area (Å²) < 4.78 is 5.48. The minimum atomic E-state index is -0.516. The molecule has 0 atom stereocenters. The van der Waals surface area contributed by atoms with Crippen LogP contribution in [-0.2, 0) is 11.3 Å². The molecule has 3 aromatic rings. The van der Waals surface area contributed by atoms with Crippen molar-refractivity contribution in [2.24, 2.45) is 0 Å². The van der Waals surface area contributed by atoms with E-state index in [1.165, 1.54) is 0 Å². The lowest BCUT2D eigenvalue weighted by atomic mass is 10.1. The van der Waals surface area contributed by atoms with Crippen molar-refractivity contribution in [2.45, 2.75) is 39.8 Å². The predicted molar refractivity (Wildman–Crippen MR) is 141 cm³/mol. The van der Waals surface area contributed by atoms with Gasteiger partial charge in [0.05, 0.1) is 10.3 Å². The molecule has 1 aromatic heterocycles. The minimum Gasteiger partial charge on any atom is -0.444 e. The molecule has 4 rings (SSSR count). The van der Waals surface area contributed by atoms with E-state index in [1.807, 2.05) is 45.0 Å². The molecule has 0 radical (unpaired) electrons. The van der Waals surface area contributed by atoms with Gasteiger partial charge in [0.1, 0.15) is 11.4 Å². The number of fused-ring (bicyclic) bond motifs is 1. The first-order valence-electron chi connectivity index (χ1n) is 11.8. The summed E-state index contributed by atoms with van der Waals surface area (Å²) in [5.41, 5.74) is 1.89. The summed E-state index contributed by atoms with van der Waals surface area (Å²) in [5, 5.41) is 16.8. The van der Waals surface area contributed by atoms with Crippen LogP contribution in [0.25, 0.3) is 10.8 Å². The summed E-state index contributed by atoms with van der Waals surface area (Å²) >= 11 is 6.51. The number of nitro benzene ring substituents is 1. The quantitative estimate of drug-likeness (QED) is 0.336. The highest BCUT2D eigenvalue weighted by atomic mass is 35.5. The fourth-order valence-corrected chi connectivity index (χ4v) is 4.43. The molecule has 36 heavy (non-hydrogen) atoms. The number of anilines is 2. The number of rotatable bonds is 5. The summed E-state index contributed by atoms with van der Waals surface area (Å²) in [4.78, 5) is 32.0. The second-order valence-electron chi connectivity index (χ2n) is 9.92. The van der Waals surface area contributed by atoms with E-state index in [1.54, 1.807) is 30.2 Å². The molecule has 0 spiro atoms. The Bertz CT molecular complexity index is 1300. The van der Waals surface area contributed by atoms with E-state index in [-0.39, 0.29) is 16.7 Å². The third-order valence-electron chi connectivity index (χ3n) is 6.03. The van der Waals surface area contributed by atoms with Crippen LogP contribution in [0.5, 0.6) is 0 Å². The molecule has 9 nitrogen and oxygen atoms in total. The molecular formula is C26H30ClN5O4. The van der Waals surface area contributed by atoms with E-state index in [0.29, 0.717) is 59.9 Å². The van der Waals surface area contributed by atoms with Crippen molar-refractivity contribution in [3.63, 3.8) is 0 Å². The van der Waals surface area contributed by atoms with Gasteiger partial charge in [-0.2, -0.15) is 0 Å². The van der Waals surface area contributed by atoms with Gasteiger partial charge < -0.3 is 15.0 Å². The zero-order valence-electron chi connectivity index (χ0n) is 20.9. The lowest BCUT2D eigenvalue weighted by molar-refractivity contribution is -0.383. The molecule has 1 N–H and O–H groups in total. The molecule has 0 saturated carbocycles. The van der Waals surface area contributed by atoms with Gasteiger partial charge in [0.15, 0.2) is 0 Å². The van der Waals surface area contributed by atoms with Crippen LogP contribution in [0.15, 0.2) is 42.6 Å². The summed E-state index contributed by atoms with van der Waals surface area (Å²) in [5.74, 6) is 0.537. The van der Waals surface area contributed by atoms with Crippen molar-refractivity contribution in [2.75, 3.05) is 31.5 Å². The first-order valence-corrected chi connectivity index (χ1v) is 12.2. The Labute approximate surface area is 215 Å². The third-order valence-corrected chi connectivity index (χ3v) is 6.40. The number of amides is 1. The normalized spacial score (nSPS) is 14.6. The molecule has 0 aliphatic carbocycles. The number of nitrogens with one attached hydrogen (secondary N) is 1. The van der Waals surface area contributed by atoms with Crippen LogP contribution in [0, 0.1) is 17.0 Å². The van der Waals surface area contributed by atoms with Crippen LogP contribution < -0.4 is 5.32 Å². The molecule has 10 heteroatoms. The first-order chi connectivity index (χ1) is 17.0. The highest BCUT2D eigenvalue weighted by molar-refractivity contribution is 6.31. The van der Waals surface area contributed by atoms with Gasteiger partial charge in [0.2, 0.25) is 0 Å².